The van der Waals surface area contributed by atoms with Crippen LogP contribution in [0.15, 0.2) is 48.5 Å². The first-order valence-corrected chi connectivity index (χ1v) is 7.55. The van der Waals surface area contributed by atoms with E-state index in [1.54, 1.807) is 17.0 Å². The maximum absolute atomic E-state index is 13.0. The first-order chi connectivity index (χ1) is 10.6. The quantitative estimate of drug-likeness (QED) is 0.642. The normalized spacial score (nSPS) is 17.8. The number of thioether (sulfide) groups is 1. The third-order valence-corrected chi connectivity index (χ3v) is 4.55. The van der Waals surface area contributed by atoms with Crippen molar-refractivity contribution in [3.8, 4) is 0 Å². The van der Waals surface area contributed by atoms with Crippen molar-refractivity contribution in [2.24, 2.45) is 0 Å². The van der Waals surface area contributed by atoms with Crippen LogP contribution in [0.1, 0.15) is 10.9 Å². The number of benzene rings is 2. The van der Waals surface area contributed by atoms with E-state index < -0.39 is 4.92 Å². The number of carbonyl (C=O) groups excluding carboxylic acids is 1. The second-order valence-electron chi connectivity index (χ2n) is 4.76. The Morgan fingerprint density at radius 1 is 1.23 bits per heavy atom. The van der Waals surface area contributed by atoms with Crippen LogP contribution >= 0.6 is 11.8 Å². The average molecular weight is 318 g/mol. The molecule has 0 radical (unpaired) electrons. The smallest absolute Gasteiger partial charge is 0.269 e. The van der Waals surface area contributed by atoms with Gasteiger partial charge in [-0.15, -0.1) is 11.8 Å². The molecule has 1 fully saturated rings. The number of nitro benzene ring substituents is 1. The fourth-order valence-electron chi connectivity index (χ4n) is 2.34. The van der Waals surface area contributed by atoms with Crippen LogP contribution in [0.3, 0.4) is 0 Å². The van der Waals surface area contributed by atoms with Crippen LogP contribution < -0.4 is 4.90 Å². The molecule has 7 heteroatoms. The van der Waals surface area contributed by atoms with E-state index in [2.05, 4.69) is 0 Å². The number of carbonyl (C=O) groups is 1. The largest absolute Gasteiger partial charge is 0.295 e. The Balaban J connectivity index is 1.98. The highest BCUT2D eigenvalue weighted by atomic mass is 32.2. The minimum atomic E-state index is -0.465. The fourth-order valence-corrected chi connectivity index (χ4v) is 3.51. The van der Waals surface area contributed by atoms with E-state index in [1.165, 1.54) is 48.2 Å². The number of halogens is 1. The van der Waals surface area contributed by atoms with Crippen molar-refractivity contribution < 1.29 is 14.1 Å². The van der Waals surface area contributed by atoms with E-state index in [-0.39, 0.29) is 28.5 Å². The van der Waals surface area contributed by atoms with Gasteiger partial charge < -0.3 is 0 Å². The Hall–Kier alpha value is -2.41. The zero-order valence-electron chi connectivity index (χ0n) is 11.3. The molecule has 2 aromatic carbocycles. The second kappa shape index (κ2) is 5.76. The molecule has 2 aromatic rings. The molecule has 3 rings (SSSR count). The van der Waals surface area contributed by atoms with Gasteiger partial charge in [-0.2, -0.15) is 0 Å². The molecular formula is C15H11FN2O3S. The van der Waals surface area contributed by atoms with E-state index in [9.17, 15) is 19.3 Å². The summed E-state index contributed by atoms with van der Waals surface area (Å²) in [5.74, 6) is -0.201. The second-order valence-corrected chi connectivity index (χ2v) is 5.82. The molecule has 1 aliphatic heterocycles. The number of amides is 1. The van der Waals surface area contributed by atoms with Gasteiger partial charge in [0, 0.05) is 17.8 Å². The maximum atomic E-state index is 13.0. The molecule has 0 unspecified atom stereocenters. The molecule has 0 aliphatic carbocycles. The number of anilines is 1. The van der Waals surface area contributed by atoms with Crippen molar-refractivity contribution >= 4 is 29.0 Å². The van der Waals surface area contributed by atoms with Gasteiger partial charge in [-0.25, -0.2) is 4.39 Å². The van der Waals surface area contributed by atoms with Crippen LogP contribution in [0.2, 0.25) is 0 Å². The van der Waals surface area contributed by atoms with E-state index in [4.69, 9.17) is 0 Å². The van der Waals surface area contributed by atoms with E-state index >= 15 is 0 Å². The maximum Gasteiger partial charge on any atom is 0.269 e. The molecule has 0 aromatic heterocycles. The highest BCUT2D eigenvalue weighted by Gasteiger charge is 2.34. The molecule has 0 N–H and O–H groups in total. The molecule has 0 spiro atoms. The summed E-state index contributed by atoms with van der Waals surface area (Å²) in [5.41, 5.74) is 1.23. The lowest BCUT2D eigenvalue weighted by molar-refractivity contribution is -0.384. The molecular weight excluding hydrogens is 307 g/mol. The zero-order valence-corrected chi connectivity index (χ0v) is 12.1. The third-order valence-electron chi connectivity index (χ3n) is 3.34. The van der Waals surface area contributed by atoms with Gasteiger partial charge >= 0.3 is 0 Å². The van der Waals surface area contributed by atoms with Crippen molar-refractivity contribution in [1.82, 2.24) is 0 Å². The van der Waals surface area contributed by atoms with Gasteiger partial charge in [0.15, 0.2) is 0 Å². The summed E-state index contributed by atoms with van der Waals surface area (Å²) in [7, 11) is 0. The molecule has 1 aliphatic rings. The van der Waals surface area contributed by atoms with Gasteiger partial charge in [0.25, 0.3) is 5.69 Å². The van der Waals surface area contributed by atoms with Crippen LogP contribution in [0.5, 0.6) is 0 Å². The highest BCUT2D eigenvalue weighted by Crippen LogP contribution is 2.42. The number of hydrogen-bond donors (Lipinski definition) is 0. The summed E-state index contributed by atoms with van der Waals surface area (Å²) in [6, 6.07) is 11.9. The van der Waals surface area contributed by atoms with Crippen LogP contribution in [-0.2, 0) is 4.79 Å². The third kappa shape index (κ3) is 2.67. The zero-order chi connectivity index (χ0) is 15.7. The predicted molar refractivity (Wildman–Crippen MR) is 82.2 cm³/mol. The van der Waals surface area contributed by atoms with Crippen molar-refractivity contribution in [2.75, 3.05) is 10.7 Å². The van der Waals surface area contributed by atoms with Gasteiger partial charge in [-0.1, -0.05) is 12.1 Å². The lowest BCUT2D eigenvalue weighted by Gasteiger charge is -2.24. The molecule has 0 saturated carbocycles. The number of non-ortho nitro benzene ring substituents is 1. The monoisotopic (exact) mass is 318 g/mol. The van der Waals surface area contributed by atoms with Gasteiger partial charge in [0.05, 0.1) is 10.7 Å². The molecule has 1 atom stereocenters. The first kappa shape index (κ1) is 14.5. The Bertz CT molecular complexity index is 736. The topological polar surface area (TPSA) is 63.4 Å². The summed E-state index contributed by atoms with van der Waals surface area (Å²) in [6.07, 6.45) is 0. The SMILES string of the molecule is O=C1CS[C@@H](c2cccc([N+](=O)[O-])c2)N1c1ccc(F)cc1. The Morgan fingerprint density at radius 2 is 1.95 bits per heavy atom. The fraction of sp³-hybridized carbons (Fsp3) is 0.133. The lowest BCUT2D eigenvalue weighted by atomic mass is 10.1. The van der Waals surface area contributed by atoms with Crippen LogP contribution in [0.4, 0.5) is 15.8 Å². The summed E-state index contributed by atoms with van der Waals surface area (Å²) in [4.78, 5) is 24.1. The summed E-state index contributed by atoms with van der Waals surface area (Å²) >= 11 is 1.39. The Morgan fingerprint density at radius 3 is 2.64 bits per heavy atom. The molecule has 5 nitrogen and oxygen atoms in total. The van der Waals surface area contributed by atoms with E-state index in [0.29, 0.717) is 11.3 Å². The van der Waals surface area contributed by atoms with Crippen LogP contribution in [0, 0.1) is 15.9 Å². The molecule has 1 amide bonds. The lowest BCUT2D eigenvalue weighted by Crippen LogP contribution is -2.27. The minimum absolute atomic E-state index is 0.0171. The molecule has 1 heterocycles. The number of hydrogen-bond acceptors (Lipinski definition) is 4. The van der Waals surface area contributed by atoms with Gasteiger partial charge in [0.2, 0.25) is 5.91 Å². The van der Waals surface area contributed by atoms with Crippen molar-refractivity contribution in [2.45, 2.75) is 5.37 Å². The van der Waals surface area contributed by atoms with Crippen molar-refractivity contribution in [3.05, 3.63) is 70.0 Å². The van der Waals surface area contributed by atoms with E-state index in [1.807, 2.05) is 0 Å². The summed E-state index contributed by atoms with van der Waals surface area (Å²) < 4.78 is 13.0. The van der Waals surface area contributed by atoms with E-state index in [0.717, 1.165) is 0 Å². The number of nitro groups is 1. The van der Waals surface area contributed by atoms with Gasteiger partial charge in [-0.05, 0) is 29.8 Å². The van der Waals surface area contributed by atoms with Crippen molar-refractivity contribution in [3.63, 3.8) is 0 Å². The predicted octanol–water partition coefficient (Wildman–Crippen LogP) is 3.51. The van der Waals surface area contributed by atoms with Gasteiger partial charge in [0.1, 0.15) is 11.2 Å². The summed E-state index contributed by atoms with van der Waals surface area (Å²) in [5, 5.41) is 10.5. The standard InChI is InChI=1S/C15H11FN2O3S/c16-11-4-6-12(7-5-11)17-14(19)9-22-15(17)10-2-1-3-13(8-10)18(20)21/h1-8,15H,9H2/t15-/m0/s1. The molecule has 0 bridgehead atoms. The Kier molecular flexibility index (Phi) is 3.81. The number of rotatable bonds is 3. The Labute approximate surface area is 129 Å². The summed E-state index contributed by atoms with van der Waals surface area (Å²) in [6.45, 7) is 0. The van der Waals surface area contributed by atoms with Gasteiger partial charge in [-0.3, -0.25) is 19.8 Å². The molecule has 112 valence electrons. The first-order valence-electron chi connectivity index (χ1n) is 6.50. The number of nitrogens with zero attached hydrogens (tertiary/aromatic N) is 2. The van der Waals surface area contributed by atoms with Crippen LogP contribution in [-0.4, -0.2) is 16.6 Å². The molecule has 22 heavy (non-hydrogen) atoms. The molecule has 1 saturated heterocycles. The minimum Gasteiger partial charge on any atom is -0.295 e. The highest BCUT2D eigenvalue weighted by molar-refractivity contribution is 8.00. The van der Waals surface area contributed by atoms with Crippen molar-refractivity contribution in [1.29, 1.82) is 0 Å². The average Bonchev–Trinajstić information content (AvgIpc) is 2.90. The van der Waals surface area contributed by atoms with Crippen LogP contribution in [0.25, 0.3) is 0 Å².